The second kappa shape index (κ2) is 7.90. The zero-order chi connectivity index (χ0) is 12.5. The van der Waals surface area contributed by atoms with Gasteiger partial charge in [0.1, 0.15) is 0 Å². The number of benzene rings is 1. The fourth-order valence-corrected chi connectivity index (χ4v) is 1.43. The van der Waals surface area contributed by atoms with E-state index in [1.807, 2.05) is 12.1 Å². The van der Waals surface area contributed by atoms with Crippen LogP contribution in [-0.2, 0) is 4.74 Å². The molecule has 0 N–H and O–H groups in total. The summed E-state index contributed by atoms with van der Waals surface area (Å²) in [5.41, 5.74) is 1.47. The van der Waals surface area contributed by atoms with E-state index in [9.17, 15) is 4.79 Å². The molecule has 0 fully saturated rings. The average Bonchev–Trinajstić information content (AvgIpc) is 2.35. The van der Waals surface area contributed by atoms with Crippen LogP contribution in [0.1, 0.15) is 29.3 Å². The topological polar surface area (TPSA) is 38.7 Å². The maximum atomic E-state index is 11.5. The molecule has 0 aromatic heterocycles. The first-order valence-corrected chi connectivity index (χ1v) is 6.29. The number of rotatable bonds is 6. The summed E-state index contributed by atoms with van der Waals surface area (Å²) in [6.07, 6.45) is 2.73. The first-order chi connectivity index (χ1) is 8.27. The number of ether oxygens (including phenoxy) is 1. The highest BCUT2D eigenvalue weighted by Gasteiger charge is 2.05. The Balaban J connectivity index is 2.65. The number of aliphatic imine (C=N–C) groups is 1. The lowest BCUT2D eigenvalue weighted by molar-refractivity contribution is 0.0526. The van der Waals surface area contributed by atoms with Crippen molar-refractivity contribution in [3.63, 3.8) is 0 Å². The van der Waals surface area contributed by atoms with Crippen LogP contribution in [0.2, 0.25) is 0 Å². The second-order valence-corrected chi connectivity index (χ2v) is 3.91. The van der Waals surface area contributed by atoms with E-state index < -0.39 is 0 Å². The molecule has 1 aromatic carbocycles. The average molecular weight is 251 g/mol. The SMILES string of the molecule is CCOC(=O)c1cccc(/C=N/CCCS)c1. The number of hydrogen-bond acceptors (Lipinski definition) is 4. The van der Waals surface area contributed by atoms with Crippen molar-refractivity contribution in [2.24, 2.45) is 4.99 Å². The monoisotopic (exact) mass is 251 g/mol. The first kappa shape index (κ1) is 13.8. The van der Waals surface area contributed by atoms with Crippen molar-refractivity contribution in [3.8, 4) is 0 Å². The molecule has 92 valence electrons. The van der Waals surface area contributed by atoms with Gasteiger partial charge >= 0.3 is 5.97 Å². The zero-order valence-electron chi connectivity index (χ0n) is 9.93. The fraction of sp³-hybridized carbons (Fsp3) is 0.385. The van der Waals surface area contributed by atoms with E-state index in [1.165, 1.54) is 0 Å². The van der Waals surface area contributed by atoms with Gasteiger partial charge < -0.3 is 4.74 Å². The van der Waals surface area contributed by atoms with Crippen LogP contribution in [-0.4, -0.2) is 31.1 Å². The summed E-state index contributed by atoms with van der Waals surface area (Å²) in [6, 6.07) is 7.25. The van der Waals surface area contributed by atoms with E-state index in [4.69, 9.17) is 4.74 Å². The van der Waals surface area contributed by atoms with Gasteiger partial charge in [-0.2, -0.15) is 12.6 Å². The molecule has 0 bridgehead atoms. The van der Waals surface area contributed by atoms with Gasteiger partial charge in [0.25, 0.3) is 0 Å². The fourth-order valence-electron chi connectivity index (χ4n) is 1.29. The summed E-state index contributed by atoms with van der Waals surface area (Å²) in [5, 5.41) is 0. The molecule has 1 rings (SSSR count). The highest BCUT2D eigenvalue weighted by molar-refractivity contribution is 7.80. The molecule has 0 atom stereocenters. The van der Waals surface area contributed by atoms with Crippen molar-refractivity contribution in [1.82, 2.24) is 0 Å². The smallest absolute Gasteiger partial charge is 0.338 e. The number of thiol groups is 1. The maximum absolute atomic E-state index is 11.5. The maximum Gasteiger partial charge on any atom is 0.338 e. The predicted octanol–water partition coefficient (Wildman–Crippen LogP) is 2.60. The molecule has 0 saturated carbocycles. The Labute approximate surface area is 107 Å². The molecule has 17 heavy (non-hydrogen) atoms. The van der Waals surface area contributed by atoms with Gasteiger partial charge in [-0.05, 0) is 36.8 Å². The van der Waals surface area contributed by atoms with Crippen LogP contribution < -0.4 is 0 Å². The van der Waals surface area contributed by atoms with E-state index in [0.717, 1.165) is 24.3 Å². The van der Waals surface area contributed by atoms with Crippen molar-refractivity contribution in [1.29, 1.82) is 0 Å². The van der Waals surface area contributed by atoms with Crippen LogP contribution in [0.15, 0.2) is 29.3 Å². The first-order valence-electron chi connectivity index (χ1n) is 5.65. The molecule has 0 heterocycles. The third kappa shape index (κ3) is 5.04. The Morgan fingerprint density at radius 3 is 3.06 bits per heavy atom. The minimum atomic E-state index is -0.293. The van der Waals surface area contributed by atoms with Gasteiger partial charge in [0.05, 0.1) is 12.2 Å². The van der Waals surface area contributed by atoms with Crippen molar-refractivity contribution in [3.05, 3.63) is 35.4 Å². The minimum absolute atomic E-state index is 0.293. The largest absolute Gasteiger partial charge is 0.462 e. The van der Waals surface area contributed by atoms with Crippen LogP contribution >= 0.6 is 12.6 Å². The van der Waals surface area contributed by atoms with Crippen molar-refractivity contribution < 1.29 is 9.53 Å². The van der Waals surface area contributed by atoms with Crippen molar-refractivity contribution >= 4 is 24.8 Å². The number of hydrogen-bond donors (Lipinski definition) is 1. The Hall–Kier alpha value is -1.29. The van der Waals surface area contributed by atoms with Crippen molar-refractivity contribution in [2.45, 2.75) is 13.3 Å². The molecule has 0 spiro atoms. The third-order valence-corrected chi connectivity index (χ3v) is 2.40. The second-order valence-electron chi connectivity index (χ2n) is 3.46. The molecule has 3 nitrogen and oxygen atoms in total. The number of carbonyl (C=O) groups is 1. The molecule has 0 unspecified atom stereocenters. The van der Waals surface area contributed by atoms with Gasteiger partial charge in [0.15, 0.2) is 0 Å². The van der Waals surface area contributed by atoms with E-state index in [0.29, 0.717) is 12.2 Å². The molecule has 0 aliphatic rings. The van der Waals surface area contributed by atoms with Gasteiger partial charge in [-0.3, -0.25) is 4.99 Å². The summed E-state index contributed by atoms with van der Waals surface area (Å²) >= 11 is 4.11. The van der Waals surface area contributed by atoms with E-state index >= 15 is 0 Å². The lowest BCUT2D eigenvalue weighted by atomic mass is 10.1. The highest BCUT2D eigenvalue weighted by Crippen LogP contribution is 2.05. The quantitative estimate of drug-likeness (QED) is 0.365. The normalized spacial score (nSPS) is 10.7. The van der Waals surface area contributed by atoms with E-state index in [-0.39, 0.29) is 5.97 Å². The molecule has 0 radical (unpaired) electrons. The van der Waals surface area contributed by atoms with Gasteiger partial charge in [0, 0.05) is 12.8 Å². The molecular weight excluding hydrogens is 234 g/mol. The summed E-state index contributed by atoms with van der Waals surface area (Å²) in [4.78, 5) is 15.7. The van der Waals surface area contributed by atoms with Gasteiger partial charge in [-0.25, -0.2) is 4.79 Å². The molecular formula is C13H17NO2S. The lowest BCUT2D eigenvalue weighted by Crippen LogP contribution is -2.04. The summed E-state index contributed by atoms with van der Waals surface area (Å²) < 4.78 is 4.93. The molecule has 0 aliphatic heterocycles. The molecule has 0 aliphatic carbocycles. The van der Waals surface area contributed by atoms with Crippen LogP contribution in [0, 0.1) is 0 Å². The zero-order valence-corrected chi connectivity index (χ0v) is 10.8. The minimum Gasteiger partial charge on any atom is -0.462 e. The highest BCUT2D eigenvalue weighted by atomic mass is 32.1. The van der Waals surface area contributed by atoms with Crippen LogP contribution in [0.25, 0.3) is 0 Å². The number of carbonyl (C=O) groups excluding carboxylic acids is 1. The summed E-state index contributed by atoms with van der Waals surface area (Å²) in [6.45, 7) is 2.94. The number of nitrogens with zero attached hydrogens (tertiary/aromatic N) is 1. The Bertz CT molecular complexity index is 391. The standard InChI is InChI=1S/C13H17NO2S/c1-2-16-13(15)12-6-3-5-11(9-12)10-14-7-4-8-17/h3,5-6,9-10,17H,2,4,7-8H2,1H3/b14-10+. The van der Waals surface area contributed by atoms with Crippen LogP contribution in [0.5, 0.6) is 0 Å². The van der Waals surface area contributed by atoms with Gasteiger partial charge in [-0.15, -0.1) is 0 Å². The Morgan fingerprint density at radius 2 is 2.35 bits per heavy atom. The van der Waals surface area contributed by atoms with Gasteiger partial charge in [0.2, 0.25) is 0 Å². The molecule has 1 aromatic rings. The summed E-state index contributed by atoms with van der Waals surface area (Å²) in [7, 11) is 0. The van der Waals surface area contributed by atoms with Crippen LogP contribution in [0.4, 0.5) is 0 Å². The van der Waals surface area contributed by atoms with Gasteiger partial charge in [-0.1, -0.05) is 12.1 Å². The Kier molecular flexibility index (Phi) is 6.40. The molecule has 0 amide bonds. The predicted molar refractivity (Wildman–Crippen MR) is 73.3 cm³/mol. The van der Waals surface area contributed by atoms with Crippen molar-refractivity contribution in [2.75, 3.05) is 18.9 Å². The van der Waals surface area contributed by atoms with E-state index in [1.54, 1.807) is 25.3 Å². The molecule has 0 saturated heterocycles. The lowest BCUT2D eigenvalue weighted by Gasteiger charge is -2.02. The van der Waals surface area contributed by atoms with Crippen LogP contribution in [0.3, 0.4) is 0 Å². The molecule has 4 heteroatoms. The Morgan fingerprint density at radius 1 is 1.53 bits per heavy atom. The summed E-state index contributed by atoms with van der Waals surface area (Å²) in [5.74, 6) is 0.540. The van der Waals surface area contributed by atoms with E-state index in [2.05, 4.69) is 17.6 Å². The third-order valence-electron chi connectivity index (χ3n) is 2.08. The number of esters is 1.